The predicted molar refractivity (Wildman–Crippen MR) is 419 cm³/mol. The van der Waals surface area contributed by atoms with Crippen molar-refractivity contribution in [3.05, 3.63) is 0 Å². The fourth-order valence-electron chi connectivity index (χ4n) is 15.2. The molecule has 130 heavy (non-hydrogen) atoms. The zero-order valence-electron chi connectivity index (χ0n) is 73.2. The van der Waals surface area contributed by atoms with Crippen molar-refractivity contribution in [3.63, 3.8) is 0 Å². The maximum atomic E-state index is 13.0. The van der Waals surface area contributed by atoms with Crippen molar-refractivity contribution < 1.29 is 239 Å². The molecule has 39 unspecified atom stereocenters. The van der Waals surface area contributed by atoms with Gasteiger partial charge in [0.2, 0.25) is 42.3 Å². The topological polar surface area (TPSA) is 734 Å². The van der Waals surface area contributed by atoms with Crippen LogP contribution in [0.25, 0.3) is 0 Å². The Balaban J connectivity index is 0.787. The van der Waals surface area contributed by atoms with Gasteiger partial charge >= 0.3 is 11.9 Å². The molecule has 53 heteroatoms. The molecule has 0 saturated carbocycles. The third-order valence-corrected chi connectivity index (χ3v) is 21.7. The molecule has 4 amide bonds. The number of amides is 4. The van der Waals surface area contributed by atoms with Crippen molar-refractivity contribution in [1.29, 1.82) is 0 Å². The zero-order chi connectivity index (χ0) is 95.2. The molecule has 21 N–H and O–H groups in total. The molecular weight excluding hydrogens is 1760 g/mol. The molecule has 39 atom stereocenters. The summed E-state index contributed by atoms with van der Waals surface area (Å²) in [5, 5.41) is 195. The lowest BCUT2D eigenvalue weighted by molar-refractivity contribution is -0.398. The van der Waals surface area contributed by atoms with Gasteiger partial charge in [-0.05, 0) is 25.7 Å². The van der Waals surface area contributed by atoms with Crippen molar-refractivity contribution in [2.45, 2.75) is 306 Å². The molecule has 8 saturated heterocycles. The number of carbonyl (C=O) groups excluding carboxylic acids is 4. The lowest BCUT2D eigenvalue weighted by Crippen LogP contribution is -2.69. The molecule has 0 aliphatic carbocycles. The Hall–Kier alpha value is -4.82. The van der Waals surface area contributed by atoms with Crippen LogP contribution < -0.4 is 21.3 Å². The second-order valence-electron chi connectivity index (χ2n) is 32.1. The Morgan fingerprint density at radius 3 is 1.17 bits per heavy atom. The number of carboxylic acids is 2. The van der Waals surface area contributed by atoms with E-state index in [1.165, 1.54) is 35.2 Å². The number of methoxy groups -OCH3 is 4. The van der Waals surface area contributed by atoms with Crippen LogP contribution in [-0.2, 0) is 152 Å². The van der Waals surface area contributed by atoms with Gasteiger partial charge in [-0.25, -0.2) is 9.59 Å². The first kappa shape index (κ1) is 110. The number of carbonyl (C=O) groups is 6. The van der Waals surface area contributed by atoms with Gasteiger partial charge in [-0.15, -0.1) is 0 Å². The summed E-state index contributed by atoms with van der Waals surface area (Å²) in [4.78, 5) is 75.7. The molecule has 0 aromatic heterocycles. The van der Waals surface area contributed by atoms with Gasteiger partial charge in [0.1, 0.15) is 140 Å². The van der Waals surface area contributed by atoms with E-state index >= 15 is 0 Å². The summed E-state index contributed by atoms with van der Waals surface area (Å²) in [5.41, 5.74) is 0. The smallest absolute Gasteiger partial charge is 0.338 e. The first-order chi connectivity index (χ1) is 62.0. The van der Waals surface area contributed by atoms with Gasteiger partial charge in [-0.1, -0.05) is 0 Å². The van der Waals surface area contributed by atoms with Crippen LogP contribution >= 0.6 is 0 Å². The van der Waals surface area contributed by atoms with E-state index in [1.54, 1.807) is 0 Å². The number of aliphatic hydroxyl groups is 15. The molecule has 0 bridgehead atoms. The number of unbranched alkanes of at least 4 members (excludes halogenated alkanes) is 2. The van der Waals surface area contributed by atoms with Gasteiger partial charge in [0.05, 0.1) is 117 Å². The highest BCUT2D eigenvalue weighted by Gasteiger charge is 2.58. The summed E-state index contributed by atoms with van der Waals surface area (Å²) in [7, 11) is 4.85. The number of rotatable bonds is 54. The monoisotopic (exact) mass is 1900 g/mol. The molecule has 0 radical (unpaired) electrons. The van der Waals surface area contributed by atoms with Crippen LogP contribution in [0.15, 0.2) is 0 Å². The van der Waals surface area contributed by atoms with Crippen LogP contribution in [0.3, 0.4) is 0 Å². The van der Waals surface area contributed by atoms with E-state index in [0.29, 0.717) is 32.3 Å². The van der Waals surface area contributed by atoms with Crippen LogP contribution in [0.1, 0.15) is 66.2 Å². The van der Waals surface area contributed by atoms with Gasteiger partial charge < -0.3 is 231 Å². The minimum atomic E-state index is -2.21. The van der Waals surface area contributed by atoms with Crippen LogP contribution in [-0.4, -0.2) is 509 Å². The quantitative estimate of drug-likeness (QED) is 0.0251. The number of ether oxygens (including phenoxy) is 26. The predicted octanol–water partition coefficient (Wildman–Crippen LogP) is -12.1. The molecule has 8 aliphatic heterocycles. The average Bonchev–Trinajstić information content (AvgIpc) is 0.776. The highest BCUT2D eigenvalue weighted by molar-refractivity contribution is 5.75. The standard InChI is InChI=1S/C77H132N4O49/c1-33(84)78-49-44(120-75-60(99)57(96)63(64(128-75)66(100)101)127-71-50(79-34(2)85)43(17-41(20-83)118-71)121-77-68(104)130-76(108-8)65(129-77)67(102)103)18-42(119-69(49)106-6)28-113-25-38(89)22-110-15-11-12-16-112-24-40(91)27-115-30-47-56(95)62(126-73-58(97)53(92)45(105-5)31-116-73)52(81-36(4)87)72(123-47)124-48-32-117-74(59(98)54(48)93)125-61-51(80-35(3)86)70(107-7)122-46(55(61)94)29-114-26-39(90)23-111-14-10-9-13-109-21-37(88)19-82/h37-65,68-77,82-83,88-99,104H,9-32H2,1-8H3,(H,78,84)(H,79,85)(H,80,86)(H,81,87)(H,100,101)(H,102,103). The summed E-state index contributed by atoms with van der Waals surface area (Å²) in [5.74, 6) is -6.03. The third-order valence-electron chi connectivity index (χ3n) is 21.7. The molecule has 8 aliphatic rings. The van der Waals surface area contributed by atoms with E-state index in [4.69, 9.17) is 128 Å². The molecule has 8 heterocycles. The summed E-state index contributed by atoms with van der Waals surface area (Å²) >= 11 is 0. The Bertz CT molecular complexity index is 3310. The normalized spacial score (nSPS) is 38.3. The number of carboxylic acid groups (broad SMARTS) is 2. The van der Waals surface area contributed by atoms with E-state index in [0.717, 1.165) is 21.0 Å². The number of hydrogen-bond acceptors (Lipinski definition) is 47. The van der Waals surface area contributed by atoms with Gasteiger partial charge in [-0.2, -0.15) is 0 Å². The van der Waals surface area contributed by atoms with E-state index in [2.05, 4.69) is 21.3 Å². The van der Waals surface area contributed by atoms with Crippen LogP contribution in [0.5, 0.6) is 0 Å². The average molecular weight is 1900 g/mol. The highest BCUT2D eigenvalue weighted by atomic mass is 16.8. The fourth-order valence-corrected chi connectivity index (χ4v) is 15.2. The van der Waals surface area contributed by atoms with Crippen molar-refractivity contribution in [2.75, 3.05) is 147 Å². The van der Waals surface area contributed by atoms with E-state index in [1.807, 2.05) is 0 Å². The first-order valence-corrected chi connectivity index (χ1v) is 42.5. The number of nitrogens with one attached hydrogen (secondary N) is 4. The van der Waals surface area contributed by atoms with Gasteiger partial charge in [0.15, 0.2) is 56.4 Å². The minimum absolute atomic E-state index is 0.0190. The third kappa shape index (κ3) is 32.7. The van der Waals surface area contributed by atoms with Crippen molar-refractivity contribution in [2.24, 2.45) is 0 Å². The molecule has 0 spiro atoms. The maximum Gasteiger partial charge on any atom is 0.338 e. The van der Waals surface area contributed by atoms with E-state index < -0.39 is 308 Å². The van der Waals surface area contributed by atoms with Gasteiger partial charge in [0, 0.05) is 95.4 Å². The number of aliphatic carboxylic acids is 2. The van der Waals surface area contributed by atoms with E-state index in [9.17, 15) is 110 Å². The lowest BCUT2D eigenvalue weighted by atomic mass is 9.95. The van der Waals surface area contributed by atoms with Crippen LogP contribution in [0.4, 0.5) is 0 Å². The Labute approximate surface area is 746 Å². The number of hydrogen-bond donors (Lipinski definition) is 21. The molecule has 8 rings (SSSR count). The SMILES string of the molecule is COC1COC(OC2C(O)C(COCC(O)COCCCCOCC(O)COCC3CC(OC4OC(C(=O)O)C(OC5OC(CO)CC(OC6OC(C(=O)O)C(OC)OC6O)C5NC(C)=O)C(O)C4O)C(NC(C)=O)C(OC)O3)OC(OC3COC(OC4C(O)C(COCC(O)COCCCCOCC(O)CO)OC(OC)C4NC(C)=O)C(O)C3O)C2NC(C)=O)C(O)C1O. The Kier molecular flexibility index (Phi) is 47.2. The van der Waals surface area contributed by atoms with Gasteiger partial charge in [-0.3, -0.25) is 19.2 Å². The summed E-state index contributed by atoms with van der Waals surface area (Å²) in [6.45, 7) is 0.465. The van der Waals surface area contributed by atoms with Crippen molar-refractivity contribution >= 4 is 35.6 Å². The molecule has 0 aromatic carbocycles. The van der Waals surface area contributed by atoms with E-state index in [-0.39, 0.29) is 92.1 Å². The summed E-state index contributed by atoms with van der Waals surface area (Å²) < 4.78 is 149. The Morgan fingerprint density at radius 2 is 0.708 bits per heavy atom. The lowest BCUT2D eigenvalue weighted by Gasteiger charge is -2.49. The fraction of sp³-hybridized carbons (Fsp3) is 0.922. The summed E-state index contributed by atoms with van der Waals surface area (Å²) in [6.07, 6.45) is -54.7. The van der Waals surface area contributed by atoms with Crippen LogP contribution in [0.2, 0.25) is 0 Å². The van der Waals surface area contributed by atoms with Gasteiger partial charge in [0.25, 0.3) is 0 Å². The molecule has 0 aromatic rings. The second kappa shape index (κ2) is 55.5. The maximum absolute atomic E-state index is 13.0. The highest BCUT2D eigenvalue weighted by Crippen LogP contribution is 2.38. The molecule has 754 valence electrons. The first-order valence-electron chi connectivity index (χ1n) is 42.5. The zero-order valence-corrected chi connectivity index (χ0v) is 73.2. The molecule has 53 nitrogen and oxygen atoms in total. The Morgan fingerprint density at radius 1 is 0.338 bits per heavy atom. The minimum Gasteiger partial charge on any atom is -0.479 e. The second-order valence-corrected chi connectivity index (χ2v) is 32.1. The number of aliphatic hydroxyl groups excluding tert-OH is 15. The summed E-state index contributed by atoms with van der Waals surface area (Å²) in [6, 6.07) is -5.51. The van der Waals surface area contributed by atoms with Crippen LogP contribution in [0, 0.1) is 0 Å². The van der Waals surface area contributed by atoms with Crippen molar-refractivity contribution in [1.82, 2.24) is 21.3 Å². The molecule has 8 fully saturated rings. The largest absolute Gasteiger partial charge is 0.479 e. The molecular formula is C77H132N4O49. The van der Waals surface area contributed by atoms with Crippen molar-refractivity contribution in [3.8, 4) is 0 Å².